The summed E-state index contributed by atoms with van der Waals surface area (Å²) in [5, 5.41) is 10.8. The third kappa shape index (κ3) is 2.45. The molecule has 0 saturated carbocycles. The number of hydrogen-bond acceptors (Lipinski definition) is 0. The zero-order valence-corrected chi connectivity index (χ0v) is 6.93. The van der Waals surface area contributed by atoms with Crippen LogP contribution in [0.15, 0.2) is 24.3 Å². The average molecular weight is 189 g/mol. The van der Waals surface area contributed by atoms with Crippen LogP contribution in [0.5, 0.6) is 0 Å². The molecule has 0 spiro atoms. The second-order valence-corrected chi connectivity index (χ2v) is 2.77. The smallest absolute Gasteiger partial charge is 0.228 e. The van der Waals surface area contributed by atoms with E-state index in [1.165, 1.54) is 19.1 Å². The summed E-state index contributed by atoms with van der Waals surface area (Å²) >= 11 is 0. The van der Waals surface area contributed by atoms with Gasteiger partial charge >= 0.3 is 6.18 Å². The van der Waals surface area contributed by atoms with E-state index in [1.807, 2.05) is 0 Å². The van der Waals surface area contributed by atoms with Crippen LogP contribution in [-0.2, 0) is 11.3 Å². The van der Waals surface area contributed by atoms with E-state index in [-0.39, 0.29) is 5.56 Å². The minimum atomic E-state index is -4.37. The summed E-state index contributed by atoms with van der Waals surface area (Å²) < 4.78 is 36.4. The fourth-order valence-corrected chi connectivity index (χ4v) is 0.968. The monoisotopic (exact) mass is 189 g/mol. The van der Waals surface area contributed by atoms with Crippen LogP contribution >= 0.6 is 0 Å². The van der Waals surface area contributed by atoms with Gasteiger partial charge in [0.15, 0.2) is 0 Å². The van der Waals surface area contributed by atoms with Crippen LogP contribution in [0.25, 0.3) is 0 Å². The summed E-state index contributed by atoms with van der Waals surface area (Å²) in [7, 11) is 0. The molecule has 1 nitrogen and oxygen atoms in total. The standard InChI is InChI=1S/C9H8F3O/c1-6(13)7-3-2-4-8(5-7)9(10,11)12/h2-6H,1H3. The highest BCUT2D eigenvalue weighted by Crippen LogP contribution is 2.30. The molecule has 0 aliphatic rings. The molecule has 1 radical (unpaired) electrons. The first kappa shape index (κ1) is 10.1. The van der Waals surface area contributed by atoms with Crippen molar-refractivity contribution in [1.82, 2.24) is 0 Å². The van der Waals surface area contributed by atoms with Gasteiger partial charge in [-0.25, -0.2) is 5.11 Å². The Morgan fingerprint density at radius 1 is 1.31 bits per heavy atom. The van der Waals surface area contributed by atoms with Crippen molar-refractivity contribution < 1.29 is 18.3 Å². The van der Waals surface area contributed by atoms with Crippen LogP contribution in [0.3, 0.4) is 0 Å². The molecule has 0 saturated heterocycles. The van der Waals surface area contributed by atoms with Gasteiger partial charge in [0.25, 0.3) is 0 Å². The Bertz CT molecular complexity index is 291. The summed E-state index contributed by atoms with van der Waals surface area (Å²) in [5.41, 5.74) is -0.609. The third-order valence-corrected chi connectivity index (χ3v) is 1.68. The van der Waals surface area contributed by atoms with E-state index in [0.717, 1.165) is 12.1 Å². The maximum absolute atomic E-state index is 12.1. The lowest BCUT2D eigenvalue weighted by molar-refractivity contribution is -0.137. The summed E-state index contributed by atoms with van der Waals surface area (Å²) in [6.45, 7) is 1.31. The Morgan fingerprint density at radius 3 is 2.38 bits per heavy atom. The molecule has 71 valence electrons. The average Bonchev–Trinajstić information content (AvgIpc) is 2.03. The SMILES string of the molecule is CC([O])c1cccc(C(F)(F)F)c1. The van der Waals surface area contributed by atoms with Crippen molar-refractivity contribution in [3.63, 3.8) is 0 Å². The molecule has 0 bridgehead atoms. The van der Waals surface area contributed by atoms with Crippen molar-refractivity contribution in [1.29, 1.82) is 0 Å². The van der Waals surface area contributed by atoms with Crippen molar-refractivity contribution in [2.45, 2.75) is 19.2 Å². The van der Waals surface area contributed by atoms with E-state index in [2.05, 4.69) is 0 Å². The number of alkyl halides is 3. The van der Waals surface area contributed by atoms with Crippen molar-refractivity contribution in [2.24, 2.45) is 0 Å². The van der Waals surface area contributed by atoms with Crippen molar-refractivity contribution >= 4 is 0 Å². The molecule has 0 aliphatic carbocycles. The zero-order valence-electron chi connectivity index (χ0n) is 6.93. The van der Waals surface area contributed by atoms with Gasteiger partial charge in [0.2, 0.25) is 0 Å². The maximum Gasteiger partial charge on any atom is 0.416 e. The number of hydrogen-bond donors (Lipinski definition) is 0. The highest BCUT2D eigenvalue weighted by molar-refractivity contribution is 5.26. The second-order valence-electron chi connectivity index (χ2n) is 2.77. The van der Waals surface area contributed by atoms with Gasteiger partial charge in [0.1, 0.15) is 6.10 Å². The van der Waals surface area contributed by atoms with Gasteiger partial charge in [-0.1, -0.05) is 12.1 Å². The first-order valence-corrected chi connectivity index (χ1v) is 3.74. The number of benzene rings is 1. The predicted octanol–water partition coefficient (Wildman–Crippen LogP) is 3.20. The fraction of sp³-hybridized carbons (Fsp3) is 0.333. The van der Waals surface area contributed by atoms with Crippen LogP contribution in [0.2, 0.25) is 0 Å². The molecule has 13 heavy (non-hydrogen) atoms. The molecule has 0 heterocycles. The molecule has 1 aromatic carbocycles. The molecule has 0 aromatic heterocycles. The zero-order chi connectivity index (χ0) is 10.1. The predicted molar refractivity (Wildman–Crippen MR) is 40.5 cm³/mol. The normalized spacial score (nSPS) is 14.2. The van der Waals surface area contributed by atoms with E-state index in [4.69, 9.17) is 0 Å². The second kappa shape index (κ2) is 3.38. The Balaban J connectivity index is 3.06. The largest absolute Gasteiger partial charge is 0.416 e. The van der Waals surface area contributed by atoms with Gasteiger partial charge < -0.3 is 0 Å². The van der Waals surface area contributed by atoms with Crippen LogP contribution in [-0.4, -0.2) is 0 Å². The molecular weight excluding hydrogens is 181 g/mol. The van der Waals surface area contributed by atoms with Gasteiger partial charge in [0.05, 0.1) is 5.56 Å². The van der Waals surface area contributed by atoms with Crippen molar-refractivity contribution in [3.05, 3.63) is 35.4 Å². The molecule has 1 atom stereocenters. The minimum Gasteiger partial charge on any atom is -0.228 e. The maximum atomic E-state index is 12.1. The van der Waals surface area contributed by atoms with Gasteiger partial charge in [-0.05, 0) is 24.6 Å². The number of rotatable bonds is 1. The van der Waals surface area contributed by atoms with Gasteiger partial charge in [0, 0.05) is 0 Å². The topological polar surface area (TPSA) is 19.9 Å². The minimum absolute atomic E-state index is 0.162. The molecular formula is C9H8F3O. The first-order chi connectivity index (χ1) is 5.91. The van der Waals surface area contributed by atoms with E-state index in [9.17, 15) is 18.3 Å². The van der Waals surface area contributed by atoms with Crippen LogP contribution in [0, 0.1) is 0 Å². The molecule has 0 N–H and O–H groups in total. The molecule has 1 rings (SSSR count). The molecule has 0 aliphatic heterocycles. The first-order valence-electron chi connectivity index (χ1n) is 3.74. The third-order valence-electron chi connectivity index (χ3n) is 1.68. The van der Waals surface area contributed by atoms with Gasteiger partial charge in [-0.15, -0.1) is 0 Å². The van der Waals surface area contributed by atoms with Crippen LogP contribution in [0.1, 0.15) is 24.2 Å². The lowest BCUT2D eigenvalue weighted by Gasteiger charge is -2.08. The lowest BCUT2D eigenvalue weighted by atomic mass is 10.1. The molecule has 4 heteroatoms. The Labute approximate surface area is 73.8 Å². The summed E-state index contributed by atoms with van der Waals surface area (Å²) in [4.78, 5) is 0. The number of halogens is 3. The Morgan fingerprint density at radius 2 is 1.92 bits per heavy atom. The van der Waals surface area contributed by atoms with Crippen molar-refractivity contribution in [3.8, 4) is 0 Å². The molecule has 1 unspecified atom stereocenters. The Hall–Kier alpha value is -1.03. The molecule has 0 amide bonds. The van der Waals surface area contributed by atoms with E-state index < -0.39 is 17.8 Å². The molecule has 0 fully saturated rings. The van der Waals surface area contributed by atoms with Crippen molar-refractivity contribution in [2.75, 3.05) is 0 Å². The van der Waals surface area contributed by atoms with Gasteiger partial charge in [-0.2, -0.15) is 13.2 Å². The van der Waals surface area contributed by atoms with E-state index >= 15 is 0 Å². The summed E-state index contributed by atoms with van der Waals surface area (Å²) in [5.74, 6) is 0. The van der Waals surface area contributed by atoms with E-state index in [1.54, 1.807) is 0 Å². The summed E-state index contributed by atoms with van der Waals surface area (Å²) in [6.07, 6.45) is -5.49. The van der Waals surface area contributed by atoms with Crippen LogP contribution < -0.4 is 0 Å². The highest BCUT2D eigenvalue weighted by Gasteiger charge is 2.30. The van der Waals surface area contributed by atoms with Crippen LogP contribution in [0.4, 0.5) is 13.2 Å². The van der Waals surface area contributed by atoms with Gasteiger partial charge in [-0.3, -0.25) is 0 Å². The summed E-state index contributed by atoms with van der Waals surface area (Å²) in [6, 6.07) is 4.48. The quantitative estimate of drug-likeness (QED) is 0.646. The lowest BCUT2D eigenvalue weighted by Crippen LogP contribution is -2.05. The Kier molecular flexibility index (Phi) is 2.61. The fourth-order valence-electron chi connectivity index (χ4n) is 0.968. The molecule has 1 aromatic rings. The highest BCUT2D eigenvalue weighted by atomic mass is 19.4. The van der Waals surface area contributed by atoms with E-state index in [0.29, 0.717) is 0 Å².